The quantitative estimate of drug-likeness (QED) is 0.528. The smallest absolute Gasteiger partial charge is 0.293 e. The largest absolute Gasteiger partial charge is 0.316 e. The van der Waals surface area contributed by atoms with Crippen LogP contribution in [0.4, 0.5) is 15.8 Å². The number of benzene rings is 1. The first kappa shape index (κ1) is 14.1. The Morgan fingerprint density at radius 1 is 1.40 bits per heavy atom. The van der Waals surface area contributed by atoms with Gasteiger partial charge < -0.3 is 5.32 Å². The highest BCUT2D eigenvalue weighted by Crippen LogP contribution is 2.28. The van der Waals surface area contributed by atoms with Crippen molar-refractivity contribution in [3.05, 3.63) is 62.6 Å². The van der Waals surface area contributed by atoms with Gasteiger partial charge in [-0.15, -0.1) is 0 Å². The van der Waals surface area contributed by atoms with E-state index < -0.39 is 16.8 Å². The van der Waals surface area contributed by atoms with Crippen LogP contribution in [0.5, 0.6) is 0 Å². The number of hydrogen-bond acceptors (Lipinski definition) is 4. The number of nitro groups is 1. The molecule has 0 unspecified atom stereocenters. The average Bonchev–Trinajstić information content (AvgIpc) is 2.41. The lowest BCUT2D eigenvalue weighted by Gasteiger charge is -2.06. The third-order valence-corrected chi connectivity index (χ3v) is 2.90. The average molecular weight is 340 g/mol. The van der Waals surface area contributed by atoms with Crippen LogP contribution >= 0.6 is 15.9 Å². The van der Waals surface area contributed by atoms with E-state index >= 15 is 0 Å². The molecule has 0 spiro atoms. The van der Waals surface area contributed by atoms with Crippen LogP contribution < -0.4 is 5.32 Å². The summed E-state index contributed by atoms with van der Waals surface area (Å²) in [6.45, 7) is 0. The molecule has 2 aromatic rings. The Morgan fingerprint density at radius 2 is 2.15 bits per heavy atom. The lowest BCUT2D eigenvalue weighted by molar-refractivity contribution is -0.384. The first-order valence-electron chi connectivity index (χ1n) is 5.35. The summed E-state index contributed by atoms with van der Waals surface area (Å²) < 4.78 is 13.8. The maximum Gasteiger partial charge on any atom is 0.293 e. The lowest BCUT2D eigenvalue weighted by Crippen LogP contribution is -2.15. The molecule has 0 aliphatic carbocycles. The van der Waals surface area contributed by atoms with Crippen molar-refractivity contribution < 1.29 is 14.1 Å². The van der Waals surface area contributed by atoms with Crippen molar-refractivity contribution >= 4 is 33.2 Å². The molecule has 1 aromatic heterocycles. The number of amides is 1. The summed E-state index contributed by atoms with van der Waals surface area (Å²) in [6, 6.07) is 6.77. The molecule has 1 heterocycles. The molecule has 0 aliphatic heterocycles. The van der Waals surface area contributed by atoms with Gasteiger partial charge in [0.15, 0.2) is 0 Å². The molecular weight excluding hydrogens is 333 g/mol. The third kappa shape index (κ3) is 2.97. The van der Waals surface area contributed by atoms with Crippen molar-refractivity contribution in [3.63, 3.8) is 0 Å². The van der Waals surface area contributed by atoms with E-state index in [1.165, 1.54) is 36.5 Å². The summed E-state index contributed by atoms with van der Waals surface area (Å²) >= 11 is 3.10. The second-order valence-corrected chi connectivity index (χ2v) is 4.63. The molecule has 1 N–H and O–H groups in total. The second-order valence-electron chi connectivity index (χ2n) is 3.71. The number of hydrogen-bond donors (Lipinski definition) is 1. The van der Waals surface area contributed by atoms with E-state index in [2.05, 4.69) is 26.2 Å². The van der Waals surface area contributed by atoms with E-state index in [1.807, 2.05) is 0 Å². The highest BCUT2D eigenvalue weighted by molar-refractivity contribution is 9.10. The van der Waals surface area contributed by atoms with Crippen LogP contribution in [0.25, 0.3) is 0 Å². The van der Waals surface area contributed by atoms with Gasteiger partial charge in [0.25, 0.3) is 11.6 Å². The Bertz CT molecular complexity index is 693. The summed E-state index contributed by atoms with van der Waals surface area (Å²) in [6.07, 6.45) is 1.20. The second kappa shape index (κ2) is 5.74. The number of nitrogens with one attached hydrogen (secondary N) is 1. The first-order chi connectivity index (χ1) is 9.49. The fourth-order valence-electron chi connectivity index (χ4n) is 1.51. The van der Waals surface area contributed by atoms with Crippen LogP contribution in [-0.2, 0) is 0 Å². The van der Waals surface area contributed by atoms with E-state index in [9.17, 15) is 19.3 Å². The molecule has 102 valence electrons. The molecule has 0 atom stereocenters. The van der Waals surface area contributed by atoms with Gasteiger partial charge in [0, 0.05) is 16.7 Å². The maximum atomic E-state index is 13.4. The minimum absolute atomic E-state index is 0.0218. The summed E-state index contributed by atoms with van der Waals surface area (Å²) in [5.41, 5.74) is -0.604. The Hall–Kier alpha value is -2.35. The Balaban J connectivity index is 2.33. The van der Waals surface area contributed by atoms with E-state index in [-0.39, 0.29) is 16.9 Å². The SMILES string of the molecule is O=C(Nc1ccc(Br)cc1[N+](=O)[O-])c1cccnc1F. The van der Waals surface area contributed by atoms with Gasteiger partial charge in [0.05, 0.1) is 10.5 Å². The van der Waals surface area contributed by atoms with E-state index in [4.69, 9.17) is 0 Å². The molecule has 1 amide bonds. The molecule has 8 heteroatoms. The summed E-state index contributed by atoms with van der Waals surface area (Å²) in [5.74, 6) is -1.74. The lowest BCUT2D eigenvalue weighted by atomic mass is 10.2. The number of halogens is 2. The van der Waals surface area contributed by atoms with Crippen LogP contribution in [0.2, 0.25) is 0 Å². The predicted octanol–water partition coefficient (Wildman–Crippen LogP) is 3.14. The zero-order valence-corrected chi connectivity index (χ0v) is 11.4. The molecule has 0 radical (unpaired) electrons. The van der Waals surface area contributed by atoms with Crippen molar-refractivity contribution in [2.75, 3.05) is 5.32 Å². The fraction of sp³-hybridized carbons (Fsp3) is 0. The zero-order chi connectivity index (χ0) is 14.7. The van der Waals surface area contributed by atoms with Crippen molar-refractivity contribution in [3.8, 4) is 0 Å². The molecule has 0 bridgehead atoms. The standard InChI is InChI=1S/C12H7BrFN3O3/c13-7-3-4-9(10(6-7)17(19)20)16-12(18)8-2-1-5-15-11(8)14/h1-6H,(H,16,18). The Labute approximate surface area is 120 Å². The minimum Gasteiger partial charge on any atom is -0.316 e. The number of carbonyl (C=O) groups excluding carboxylic acids is 1. The van der Waals surface area contributed by atoms with Gasteiger partial charge in [-0.3, -0.25) is 14.9 Å². The summed E-state index contributed by atoms with van der Waals surface area (Å²) in [4.78, 5) is 25.5. The Kier molecular flexibility index (Phi) is 4.04. The topological polar surface area (TPSA) is 85.1 Å². The van der Waals surface area contributed by atoms with Crippen LogP contribution in [0.3, 0.4) is 0 Å². The molecule has 0 fully saturated rings. The van der Waals surface area contributed by atoms with Crippen LogP contribution in [-0.4, -0.2) is 15.8 Å². The van der Waals surface area contributed by atoms with Crippen molar-refractivity contribution in [2.45, 2.75) is 0 Å². The van der Waals surface area contributed by atoms with Crippen LogP contribution in [0.1, 0.15) is 10.4 Å². The van der Waals surface area contributed by atoms with Crippen LogP contribution in [0, 0.1) is 16.1 Å². The number of carbonyl (C=O) groups is 1. The number of rotatable bonds is 3. The van der Waals surface area contributed by atoms with Gasteiger partial charge in [0.2, 0.25) is 5.95 Å². The van der Waals surface area contributed by atoms with E-state index in [0.29, 0.717) is 4.47 Å². The van der Waals surface area contributed by atoms with Gasteiger partial charge in [0.1, 0.15) is 5.69 Å². The molecule has 0 saturated carbocycles. The predicted molar refractivity (Wildman–Crippen MR) is 72.9 cm³/mol. The fourth-order valence-corrected chi connectivity index (χ4v) is 1.86. The number of nitrogens with zero attached hydrogens (tertiary/aromatic N) is 2. The molecular formula is C12H7BrFN3O3. The van der Waals surface area contributed by atoms with Crippen molar-refractivity contribution in [2.24, 2.45) is 0 Å². The molecule has 2 rings (SSSR count). The zero-order valence-electron chi connectivity index (χ0n) is 9.84. The number of pyridine rings is 1. The van der Waals surface area contributed by atoms with Gasteiger partial charge in [-0.25, -0.2) is 4.98 Å². The third-order valence-electron chi connectivity index (χ3n) is 2.41. The van der Waals surface area contributed by atoms with Gasteiger partial charge >= 0.3 is 0 Å². The normalized spacial score (nSPS) is 10.1. The minimum atomic E-state index is -0.940. The van der Waals surface area contributed by atoms with E-state index in [1.54, 1.807) is 0 Å². The van der Waals surface area contributed by atoms with E-state index in [0.717, 1.165) is 0 Å². The molecule has 0 aliphatic rings. The summed E-state index contributed by atoms with van der Waals surface area (Å²) in [7, 11) is 0. The first-order valence-corrected chi connectivity index (χ1v) is 6.14. The molecule has 0 saturated heterocycles. The number of nitro benzene ring substituents is 1. The Morgan fingerprint density at radius 3 is 2.80 bits per heavy atom. The monoisotopic (exact) mass is 339 g/mol. The van der Waals surface area contributed by atoms with Gasteiger partial charge in [-0.05, 0) is 24.3 Å². The molecule has 6 nitrogen and oxygen atoms in total. The van der Waals surface area contributed by atoms with Crippen LogP contribution in [0.15, 0.2) is 41.0 Å². The number of anilines is 1. The van der Waals surface area contributed by atoms with Gasteiger partial charge in [-0.2, -0.15) is 4.39 Å². The molecule has 20 heavy (non-hydrogen) atoms. The maximum absolute atomic E-state index is 13.4. The summed E-state index contributed by atoms with van der Waals surface area (Å²) in [5, 5.41) is 13.2. The highest BCUT2D eigenvalue weighted by atomic mass is 79.9. The van der Waals surface area contributed by atoms with Crippen molar-refractivity contribution in [1.82, 2.24) is 4.98 Å². The number of aromatic nitrogens is 1. The van der Waals surface area contributed by atoms with Gasteiger partial charge in [-0.1, -0.05) is 15.9 Å². The molecule has 1 aromatic carbocycles. The van der Waals surface area contributed by atoms with Crippen molar-refractivity contribution in [1.29, 1.82) is 0 Å². The highest BCUT2D eigenvalue weighted by Gasteiger charge is 2.19.